The van der Waals surface area contributed by atoms with Crippen LogP contribution in [-0.4, -0.2) is 45.4 Å². The van der Waals surface area contributed by atoms with Gasteiger partial charge in [0.1, 0.15) is 6.04 Å². The van der Waals surface area contributed by atoms with Gasteiger partial charge in [0.2, 0.25) is 5.91 Å². The van der Waals surface area contributed by atoms with E-state index < -0.39 is 24.0 Å². The van der Waals surface area contributed by atoms with E-state index in [1.54, 1.807) is 53.6 Å². The minimum absolute atomic E-state index is 0.254. The van der Waals surface area contributed by atoms with Crippen LogP contribution in [0, 0.1) is 0 Å². The molecule has 0 bridgehead atoms. The van der Waals surface area contributed by atoms with Crippen molar-refractivity contribution in [2.24, 2.45) is 5.73 Å². The molecule has 1 aromatic heterocycles. The van der Waals surface area contributed by atoms with Gasteiger partial charge in [0.05, 0.1) is 6.04 Å². The Kier molecular flexibility index (Phi) is 5.24. The van der Waals surface area contributed by atoms with Crippen LogP contribution in [0.1, 0.15) is 34.8 Å². The van der Waals surface area contributed by atoms with Gasteiger partial charge in [-0.2, -0.15) is 0 Å². The zero-order chi connectivity index (χ0) is 21.3. The summed E-state index contributed by atoms with van der Waals surface area (Å²) in [4.78, 5) is 41.2. The maximum absolute atomic E-state index is 12.5. The third-order valence-electron chi connectivity index (χ3n) is 5.49. The SMILES string of the molecule is NC(=O)[C@@H]1CCCN1C(C(=O)O)c1c[nH]c2ccc(NC(=O)c3ccccc3)cc12. The van der Waals surface area contributed by atoms with Crippen molar-refractivity contribution in [1.82, 2.24) is 9.88 Å². The van der Waals surface area contributed by atoms with Crippen molar-refractivity contribution in [3.63, 3.8) is 0 Å². The summed E-state index contributed by atoms with van der Waals surface area (Å²) in [5, 5.41) is 13.5. The molecule has 0 spiro atoms. The minimum atomic E-state index is -1.05. The van der Waals surface area contributed by atoms with Gasteiger partial charge < -0.3 is 21.1 Å². The van der Waals surface area contributed by atoms with Gasteiger partial charge >= 0.3 is 5.97 Å². The number of nitrogens with zero attached hydrogens (tertiary/aromatic N) is 1. The lowest BCUT2D eigenvalue weighted by atomic mass is 10.0. The maximum atomic E-state index is 12.5. The lowest BCUT2D eigenvalue weighted by Crippen LogP contribution is -2.44. The number of nitrogens with two attached hydrogens (primary N) is 1. The van der Waals surface area contributed by atoms with Crippen LogP contribution in [0.2, 0.25) is 0 Å². The number of H-pyrrole nitrogens is 1. The summed E-state index contributed by atoms with van der Waals surface area (Å²) >= 11 is 0. The Morgan fingerprint density at radius 2 is 1.93 bits per heavy atom. The molecule has 0 saturated carbocycles. The average molecular weight is 406 g/mol. The third kappa shape index (κ3) is 3.65. The van der Waals surface area contributed by atoms with Gasteiger partial charge in [-0.3, -0.25) is 19.3 Å². The normalized spacial score (nSPS) is 17.7. The van der Waals surface area contributed by atoms with E-state index in [0.29, 0.717) is 41.6 Å². The highest BCUT2D eigenvalue weighted by atomic mass is 16.4. The molecule has 8 heteroatoms. The van der Waals surface area contributed by atoms with E-state index in [1.165, 1.54) is 0 Å². The number of amides is 2. The van der Waals surface area contributed by atoms with Crippen molar-refractivity contribution in [1.29, 1.82) is 0 Å². The molecule has 2 aromatic carbocycles. The number of carbonyl (C=O) groups excluding carboxylic acids is 2. The van der Waals surface area contributed by atoms with E-state index in [0.717, 1.165) is 5.52 Å². The van der Waals surface area contributed by atoms with Crippen molar-refractivity contribution in [2.75, 3.05) is 11.9 Å². The molecule has 4 rings (SSSR count). The fourth-order valence-corrected chi connectivity index (χ4v) is 4.10. The number of anilines is 1. The molecule has 154 valence electrons. The highest BCUT2D eigenvalue weighted by Gasteiger charge is 2.39. The summed E-state index contributed by atoms with van der Waals surface area (Å²) < 4.78 is 0. The average Bonchev–Trinajstić information content (AvgIpc) is 3.37. The quantitative estimate of drug-likeness (QED) is 0.500. The van der Waals surface area contributed by atoms with Crippen molar-refractivity contribution < 1.29 is 19.5 Å². The number of aromatic amines is 1. The number of primary amides is 1. The van der Waals surface area contributed by atoms with Crippen molar-refractivity contribution in [2.45, 2.75) is 24.9 Å². The molecule has 1 aliphatic rings. The third-order valence-corrected chi connectivity index (χ3v) is 5.49. The number of carboxylic acids is 1. The first kappa shape index (κ1) is 19.7. The number of nitrogens with one attached hydrogen (secondary N) is 2. The van der Waals surface area contributed by atoms with Gasteiger partial charge in [-0.05, 0) is 43.2 Å². The van der Waals surface area contributed by atoms with E-state index in [2.05, 4.69) is 10.3 Å². The smallest absolute Gasteiger partial charge is 0.325 e. The molecular weight excluding hydrogens is 384 g/mol. The van der Waals surface area contributed by atoms with Crippen LogP contribution in [0.15, 0.2) is 54.7 Å². The Balaban J connectivity index is 1.68. The second kappa shape index (κ2) is 8.00. The number of hydrogen-bond donors (Lipinski definition) is 4. The summed E-state index contributed by atoms with van der Waals surface area (Å²) in [5.74, 6) is -1.83. The lowest BCUT2D eigenvalue weighted by Gasteiger charge is -2.28. The van der Waals surface area contributed by atoms with Crippen LogP contribution < -0.4 is 11.1 Å². The van der Waals surface area contributed by atoms with Crippen molar-refractivity contribution in [3.8, 4) is 0 Å². The van der Waals surface area contributed by atoms with Gasteiger partial charge in [0.15, 0.2) is 0 Å². The number of likely N-dealkylation sites (tertiary alicyclic amines) is 1. The van der Waals surface area contributed by atoms with Gasteiger partial charge in [-0.15, -0.1) is 0 Å². The Hall–Kier alpha value is -3.65. The molecular formula is C22H22N4O4. The Morgan fingerprint density at radius 3 is 2.63 bits per heavy atom. The largest absolute Gasteiger partial charge is 0.480 e. The second-order valence-electron chi connectivity index (χ2n) is 7.36. The van der Waals surface area contributed by atoms with E-state index >= 15 is 0 Å². The maximum Gasteiger partial charge on any atom is 0.325 e. The van der Waals surface area contributed by atoms with Crippen LogP contribution in [0.5, 0.6) is 0 Å². The molecule has 2 amide bonds. The molecule has 1 unspecified atom stereocenters. The molecule has 30 heavy (non-hydrogen) atoms. The van der Waals surface area contributed by atoms with Crippen molar-refractivity contribution >= 4 is 34.4 Å². The summed E-state index contributed by atoms with van der Waals surface area (Å²) in [7, 11) is 0. The molecule has 0 aliphatic carbocycles. The molecule has 3 aromatic rings. The predicted octanol–water partition coefficient (Wildman–Crippen LogP) is 2.50. The first-order valence-corrected chi connectivity index (χ1v) is 9.71. The number of fused-ring (bicyclic) bond motifs is 1. The number of aliphatic carboxylic acids is 1. The standard InChI is InChI=1S/C22H22N4O4/c23-20(27)18-7-4-10-26(18)19(22(29)30)16-12-24-17-9-8-14(11-15(16)17)25-21(28)13-5-2-1-3-6-13/h1-3,5-6,8-9,11-12,18-19,24H,4,7,10H2,(H2,23,27)(H,25,28)(H,29,30)/t18-,19?/m0/s1. The van der Waals surface area contributed by atoms with E-state index in [-0.39, 0.29) is 5.91 Å². The highest BCUT2D eigenvalue weighted by molar-refractivity contribution is 6.05. The monoisotopic (exact) mass is 406 g/mol. The fraction of sp³-hybridized carbons (Fsp3) is 0.227. The van der Waals surface area contributed by atoms with Crippen LogP contribution in [0.4, 0.5) is 5.69 Å². The van der Waals surface area contributed by atoms with E-state index in [1.807, 2.05) is 6.07 Å². The van der Waals surface area contributed by atoms with E-state index in [9.17, 15) is 19.5 Å². The number of rotatable bonds is 6. The molecule has 2 atom stereocenters. The fourth-order valence-electron chi connectivity index (χ4n) is 4.10. The molecule has 5 N–H and O–H groups in total. The van der Waals surface area contributed by atoms with Gasteiger partial charge in [-0.25, -0.2) is 0 Å². The van der Waals surface area contributed by atoms with Crippen LogP contribution in [-0.2, 0) is 9.59 Å². The number of benzene rings is 2. The van der Waals surface area contributed by atoms with Crippen LogP contribution in [0.3, 0.4) is 0 Å². The number of hydrogen-bond acceptors (Lipinski definition) is 4. The van der Waals surface area contributed by atoms with Gasteiger partial charge in [0.25, 0.3) is 5.91 Å². The first-order chi connectivity index (χ1) is 14.5. The first-order valence-electron chi connectivity index (χ1n) is 9.71. The highest BCUT2D eigenvalue weighted by Crippen LogP contribution is 2.34. The Bertz CT molecular complexity index is 1110. The van der Waals surface area contributed by atoms with Crippen molar-refractivity contribution in [3.05, 3.63) is 65.9 Å². The molecule has 1 aliphatic heterocycles. The van der Waals surface area contributed by atoms with Crippen LogP contribution >= 0.6 is 0 Å². The second-order valence-corrected chi connectivity index (χ2v) is 7.36. The number of carbonyl (C=O) groups is 3. The topological polar surface area (TPSA) is 129 Å². The van der Waals surface area contributed by atoms with Gasteiger partial charge in [0, 0.05) is 40.5 Å². The molecule has 1 fully saturated rings. The summed E-state index contributed by atoms with van der Waals surface area (Å²) in [6, 6.07) is 12.5. The summed E-state index contributed by atoms with van der Waals surface area (Å²) in [6.07, 6.45) is 2.89. The van der Waals surface area contributed by atoms with Gasteiger partial charge in [-0.1, -0.05) is 18.2 Å². The zero-order valence-electron chi connectivity index (χ0n) is 16.2. The predicted molar refractivity (Wildman–Crippen MR) is 112 cm³/mol. The number of aromatic nitrogens is 1. The Labute approximate surface area is 172 Å². The molecule has 0 radical (unpaired) electrons. The molecule has 1 saturated heterocycles. The molecule has 2 heterocycles. The number of carboxylic acid groups (broad SMARTS) is 1. The minimum Gasteiger partial charge on any atom is -0.480 e. The summed E-state index contributed by atoms with van der Waals surface area (Å²) in [6.45, 7) is 0.474. The summed E-state index contributed by atoms with van der Waals surface area (Å²) in [5.41, 5.74) is 7.84. The Morgan fingerprint density at radius 1 is 1.17 bits per heavy atom. The lowest BCUT2D eigenvalue weighted by molar-refractivity contribution is -0.144. The molecule has 8 nitrogen and oxygen atoms in total. The van der Waals surface area contributed by atoms with E-state index in [4.69, 9.17) is 5.73 Å². The zero-order valence-corrected chi connectivity index (χ0v) is 16.2. The van der Waals surface area contributed by atoms with Crippen LogP contribution in [0.25, 0.3) is 10.9 Å².